The van der Waals surface area contributed by atoms with E-state index >= 15 is 0 Å². The largest absolute Gasteiger partial charge is 0.361 e. The van der Waals surface area contributed by atoms with Gasteiger partial charge < -0.3 is 15.6 Å². The Labute approximate surface area is 175 Å². The molecule has 2 aromatic heterocycles. The molecule has 0 saturated carbocycles. The van der Waals surface area contributed by atoms with E-state index in [1.807, 2.05) is 29.2 Å². The standard InChI is InChI=1S/C19H25FN6.HI/c1-14(13-26-9-3-7-25-26)11-24-19(21-2)22-8-6-15-12-23-18-10-16(20)4-5-17(15)18;/h3-5,7,9-10,12,14,23H,6,8,11,13H2,1-2H3,(H2,21,22,24);1H. The van der Waals surface area contributed by atoms with E-state index in [0.29, 0.717) is 5.92 Å². The molecule has 3 rings (SSSR count). The van der Waals surface area contributed by atoms with Crippen LogP contribution in [0.5, 0.6) is 0 Å². The summed E-state index contributed by atoms with van der Waals surface area (Å²) >= 11 is 0. The Balaban J connectivity index is 0.00000261. The zero-order chi connectivity index (χ0) is 18.4. The van der Waals surface area contributed by atoms with Crippen molar-refractivity contribution in [1.82, 2.24) is 25.4 Å². The summed E-state index contributed by atoms with van der Waals surface area (Å²) in [5.41, 5.74) is 1.99. The number of aromatic nitrogens is 3. The summed E-state index contributed by atoms with van der Waals surface area (Å²) in [4.78, 5) is 7.38. The van der Waals surface area contributed by atoms with Crippen LogP contribution in [0, 0.1) is 11.7 Å². The van der Waals surface area contributed by atoms with Crippen molar-refractivity contribution < 1.29 is 4.39 Å². The van der Waals surface area contributed by atoms with E-state index < -0.39 is 0 Å². The number of H-pyrrole nitrogens is 1. The Morgan fingerprint density at radius 2 is 2.22 bits per heavy atom. The number of guanidine groups is 1. The van der Waals surface area contributed by atoms with Crippen LogP contribution in [0.25, 0.3) is 10.9 Å². The summed E-state index contributed by atoms with van der Waals surface area (Å²) < 4.78 is 15.2. The molecular formula is C19H26FIN6. The Hall–Kier alpha value is -2.10. The van der Waals surface area contributed by atoms with Crippen LogP contribution >= 0.6 is 24.0 Å². The maximum Gasteiger partial charge on any atom is 0.190 e. The Kier molecular flexibility index (Phi) is 8.08. The molecule has 0 radical (unpaired) electrons. The molecule has 0 fully saturated rings. The Bertz CT molecular complexity index is 858. The molecule has 1 unspecified atom stereocenters. The maximum atomic E-state index is 13.3. The normalized spacial score (nSPS) is 12.6. The fraction of sp³-hybridized carbons (Fsp3) is 0.368. The third kappa shape index (κ3) is 5.95. The highest BCUT2D eigenvalue weighted by Crippen LogP contribution is 2.19. The molecule has 146 valence electrons. The highest BCUT2D eigenvalue weighted by molar-refractivity contribution is 14.0. The summed E-state index contributed by atoms with van der Waals surface area (Å²) in [7, 11) is 1.77. The molecule has 0 bridgehead atoms. The van der Waals surface area contributed by atoms with Gasteiger partial charge in [-0.1, -0.05) is 6.92 Å². The van der Waals surface area contributed by atoms with Crippen molar-refractivity contribution in [2.45, 2.75) is 19.9 Å². The molecule has 27 heavy (non-hydrogen) atoms. The number of nitrogens with zero attached hydrogens (tertiary/aromatic N) is 3. The smallest absolute Gasteiger partial charge is 0.190 e. The molecule has 8 heteroatoms. The summed E-state index contributed by atoms with van der Waals surface area (Å²) in [6.45, 7) is 4.60. The van der Waals surface area contributed by atoms with Crippen molar-refractivity contribution >= 4 is 40.8 Å². The van der Waals surface area contributed by atoms with Crippen LogP contribution in [0.2, 0.25) is 0 Å². The van der Waals surface area contributed by atoms with Crippen LogP contribution in [0.4, 0.5) is 4.39 Å². The van der Waals surface area contributed by atoms with Crippen LogP contribution < -0.4 is 10.6 Å². The van der Waals surface area contributed by atoms with Crippen LogP contribution in [-0.2, 0) is 13.0 Å². The third-order valence-electron chi connectivity index (χ3n) is 4.32. The van der Waals surface area contributed by atoms with Crippen molar-refractivity contribution in [3.05, 3.63) is 54.2 Å². The number of aromatic amines is 1. The molecule has 0 aliphatic rings. The van der Waals surface area contributed by atoms with Gasteiger partial charge in [-0.3, -0.25) is 9.67 Å². The number of benzene rings is 1. The number of halogens is 2. The summed E-state index contributed by atoms with van der Waals surface area (Å²) in [5, 5.41) is 12.0. The van der Waals surface area contributed by atoms with Gasteiger partial charge in [-0.2, -0.15) is 5.10 Å². The lowest BCUT2D eigenvalue weighted by atomic mass is 10.1. The molecule has 1 aromatic carbocycles. The predicted octanol–water partition coefficient (Wildman–Crippen LogP) is 3.17. The Morgan fingerprint density at radius 3 is 2.96 bits per heavy atom. The average Bonchev–Trinajstić information content (AvgIpc) is 3.27. The lowest BCUT2D eigenvalue weighted by Gasteiger charge is -2.16. The van der Waals surface area contributed by atoms with Crippen molar-refractivity contribution in [3.8, 4) is 0 Å². The van der Waals surface area contributed by atoms with E-state index in [1.165, 1.54) is 12.1 Å². The van der Waals surface area contributed by atoms with Crippen LogP contribution in [0.15, 0.2) is 47.8 Å². The zero-order valence-corrected chi connectivity index (χ0v) is 17.9. The predicted molar refractivity (Wildman–Crippen MR) is 118 cm³/mol. The first-order valence-electron chi connectivity index (χ1n) is 8.83. The van der Waals surface area contributed by atoms with Crippen LogP contribution in [0.1, 0.15) is 12.5 Å². The van der Waals surface area contributed by atoms with Gasteiger partial charge in [0.15, 0.2) is 5.96 Å². The van der Waals surface area contributed by atoms with Crippen molar-refractivity contribution in [2.75, 3.05) is 20.1 Å². The fourth-order valence-corrected chi connectivity index (χ4v) is 2.96. The number of hydrogen-bond acceptors (Lipinski definition) is 2. The van der Waals surface area contributed by atoms with Crippen molar-refractivity contribution in [3.63, 3.8) is 0 Å². The van der Waals surface area contributed by atoms with E-state index in [0.717, 1.165) is 48.5 Å². The summed E-state index contributed by atoms with van der Waals surface area (Å²) in [6, 6.07) is 6.77. The van der Waals surface area contributed by atoms with E-state index in [1.54, 1.807) is 13.2 Å². The number of aliphatic imine (C=N–C) groups is 1. The molecule has 0 aliphatic heterocycles. The van der Waals surface area contributed by atoms with Gasteiger partial charge in [0.25, 0.3) is 0 Å². The topological polar surface area (TPSA) is 70.0 Å². The summed E-state index contributed by atoms with van der Waals surface area (Å²) in [6.07, 6.45) is 6.53. The minimum absolute atomic E-state index is 0. The molecule has 0 amide bonds. The van der Waals surface area contributed by atoms with E-state index in [9.17, 15) is 4.39 Å². The summed E-state index contributed by atoms with van der Waals surface area (Å²) in [5.74, 6) is 0.984. The van der Waals surface area contributed by atoms with Crippen molar-refractivity contribution in [2.24, 2.45) is 10.9 Å². The molecule has 2 heterocycles. The highest BCUT2D eigenvalue weighted by Gasteiger charge is 2.07. The molecule has 3 N–H and O–H groups in total. The molecule has 0 aliphatic carbocycles. The van der Waals surface area contributed by atoms with Gasteiger partial charge in [0.2, 0.25) is 0 Å². The van der Waals surface area contributed by atoms with E-state index in [2.05, 4.69) is 32.6 Å². The zero-order valence-electron chi connectivity index (χ0n) is 15.6. The number of rotatable bonds is 7. The quantitative estimate of drug-likeness (QED) is 0.274. The first-order valence-corrected chi connectivity index (χ1v) is 8.83. The van der Waals surface area contributed by atoms with Gasteiger partial charge >= 0.3 is 0 Å². The van der Waals surface area contributed by atoms with Crippen LogP contribution in [-0.4, -0.2) is 40.9 Å². The molecule has 1 atom stereocenters. The molecule has 0 saturated heterocycles. The average molecular weight is 484 g/mol. The van der Waals surface area contributed by atoms with Gasteiger partial charge in [0.05, 0.1) is 0 Å². The molecular weight excluding hydrogens is 458 g/mol. The van der Waals surface area contributed by atoms with E-state index in [-0.39, 0.29) is 29.8 Å². The first kappa shape index (κ1) is 21.2. The second-order valence-electron chi connectivity index (χ2n) is 6.47. The van der Waals surface area contributed by atoms with Gasteiger partial charge in [0.1, 0.15) is 5.82 Å². The monoisotopic (exact) mass is 484 g/mol. The molecule has 6 nitrogen and oxygen atoms in total. The van der Waals surface area contributed by atoms with Gasteiger partial charge in [0, 0.05) is 56.2 Å². The minimum Gasteiger partial charge on any atom is -0.361 e. The molecule has 0 spiro atoms. The van der Waals surface area contributed by atoms with Gasteiger partial charge in [-0.05, 0) is 42.2 Å². The second kappa shape index (κ2) is 10.3. The lowest BCUT2D eigenvalue weighted by molar-refractivity contribution is 0.443. The highest BCUT2D eigenvalue weighted by atomic mass is 127. The first-order chi connectivity index (χ1) is 12.7. The maximum absolute atomic E-state index is 13.3. The third-order valence-corrected chi connectivity index (χ3v) is 4.32. The van der Waals surface area contributed by atoms with Crippen molar-refractivity contribution in [1.29, 1.82) is 0 Å². The van der Waals surface area contributed by atoms with Crippen LogP contribution in [0.3, 0.4) is 0 Å². The van der Waals surface area contributed by atoms with Gasteiger partial charge in [-0.25, -0.2) is 4.39 Å². The number of hydrogen-bond donors (Lipinski definition) is 3. The molecule has 3 aromatic rings. The van der Waals surface area contributed by atoms with Gasteiger partial charge in [-0.15, -0.1) is 24.0 Å². The Morgan fingerprint density at radius 1 is 1.37 bits per heavy atom. The number of nitrogens with one attached hydrogen (secondary N) is 3. The van der Waals surface area contributed by atoms with E-state index in [4.69, 9.17) is 0 Å². The SMILES string of the molecule is CN=C(NCCc1c[nH]c2cc(F)ccc12)NCC(C)Cn1cccn1.I. The fourth-order valence-electron chi connectivity index (χ4n) is 2.96. The lowest BCUT2D eigenvalue weighted by Crippen LogP contribution is -2.40. The number of fused-ring (bicyclic) bond motifs is 1. The second-order valence-corrected chi connectivity index (χ2v) is 6.47. The minimum atomic E-state index is -0.224.